The fourth-order valence-corrected chi connectivity index (χ4v) is 2.25. The number of hydrogen-bond donors (Lipinski definition) is 1. The minimum absolute atomic E-state index is 0.138. The fourth-order valence-electron chi connectivity index (χ4n) is 2.25. The second-order valence-corrected chi connectivity index (χ2v) is 4.81. The topological polar surface area (TPSA) is 77.9 Å². The lowest BCUT2D eigenvalue weighted by Crippen LogP contribution is -2.26. The summed E-state index contributed by atoms with van der Waals surface area (Å²) in [5.41, 5.74) is 9.37. The Morgan fingerprint density at radius 2 is 2.16 bits per heavy atom. The van der Waals surface area contributed by atoms with E-state index in [4.69, 9.17) is 5.53 Å². The number of carbonyl (C=O) groups excluding carboxylic acids is 1. The number of azide groups is 1. The second kappa shape index (κ2) is 6.81. The molecule has 1 aromatic carbocycles. The molecule has 0 saturated heterocycles. The summed E-state index contributed by atoms with van der Waals surface area (Å²) >= 11 is 0. The van der Waals surface area contributed by atoms with E-state index in [2.05, 4.69) is 27.5 Å². The maximum atomic E-state index is 11.9. The van der Waals surface area contributed by atoms with Crippen molar-refractivity contribution in [3.05, 3.63) is 46.3 Å². The maximum absolute atomic E-state index is 11.9. The van der Waals surface area contributed by atoms with Gasteiger partial charge >= 0.3 is 0 Å². The van der Waals surface area contributed by atoms with Crippen molar-refractivity contribution in [2.45, 2.75) is 25.2 Å². The largest absolute Gasteiger partial charge is 0.356 e. The van der Waals surface area contributed by atoms with Gasteiger partial charge < -0.3 is 5.32 Å². The molecule has 0 aliphatic heterocycles. The van der Waals surface area contributed by atoms with Gasteiger partial charge in [0, 0.05) is 23.9 Å². The average Bonchev–Trinajstić information content (AvgIpc) is 3.24. The summed E-state index contributed by atoms with van der Waals surface area (Å²) in [4.78, 5) is 14.6. The molecule has 0 spiro atoms. The Bertz CT molecular complexity index is 468. The molecule has 0 bridgehead atoms. The summed E-state index contributed by atoms with van der Waals surface area (Å²) in [6, 6.07) is 10.2. The van der Waals surface area contributed by atoms with Crippen molar-refractivity contribution in [3.63, 3.8) is 0 Å². The number of carbonyl (C=O) groups is 1. The maximum Gasteiger partial charge on any atom is 0.223 e. The summed E-state index contributed by atoms with van der Waals surface area (Å²) in [7, 11) is 0. The SMILES string of the molecule is [N-]=[N+]=NCCCCNC(=O)C1CC1c1ccccc1. The van der Waals surface area contributed by atoms with Crippen LogP contribution in [0.25, 0.3) is 10.4 Å². The third-order valence-corrected chi connectivity index (χ3v) is 3.40. The van der Waals surface area contributed by atoms with Gasteiger partial charge in [-0.1, -0.05) is 35.4 Å². The number of unbranched alkanes of at least 4 members (excludes halogenated alkanes) is 1. The minimum atomic E-state index is 0.138. The van der Waals surface area contributed by atoms with Crippen LogP contribution >= 0.6 is 0 Å². The number of nitrogens with one attached hydrogen (secondary N) is 1. The number of benzene rings is 1. The summed E-state index contributed by atoms with van der Waals surface area (Å²) in [6.07, 6.45) is 2.62. The summed E-state index contributed by atoms with van der Waals surface area (Å²) in [6.45, 7) is 1.17. The summed E-state index contributed by atoms with van der Waals surface area (Å²) < 4.78 is 0. The lowest BCUT2D eigenvalue weighted by Gasteiger charge is -2.04. The highest BCUT2D eigenvalue weighted by atomic mass is 16.2. The van der Waals surface area contributed by atoms with E-state index in [9.17, 15) is 4.79 Å². The third-order valence-electron chi connectivity index (χ3n) is 3.40. The van der Waals surface area contributed by atoms with Crippen molar-refractivity contribution in [2.75, 3.05) is 13.1 Å². The Morgan fingerprint density at radius 1 is 1.37 bits per heavy atom. The molecule has 0 radical (unpaired) electrons. The van der Waals surface area contributed by atoms with Crippen LogP contribution in [-0.2, 0) is 4.79 Å². The van der Waals surface area contributed by atoms with Crippen LogP contribution in [0.1, 0.15) is 30.7 Å². The highest BCUT2D eigenvalue weighted by Crippen LogP contribution is 2.47. The first-order valence-corrected chi connectivity index (χ1v) is 6.66. The molecule has 5 nitrogen and oxygen atoms in total. The molecule has 1 N–H and O–H groups in total. The van der Waals surface area contributed by atoms with Crippen LogP contribution in [0.2, 0.25) is 0 Å². The Morgan fingerprint density at radius 3 is 2.89 bits per heavy atom. The highest BCUT2D eigenvalue weighted by Gasteiger charge is 2.43. The van der Waals surface area contributed by atoms with Crippen molar-refractivity contribution in [2.24, 2.45) is 11.0 Å². The van der Waals surface area contributed by atoms with Gasteiger partial charge in [-0.3, -0.25) is 4.79 Å². The molecule has 19 heavy (non-hydrogen) atoms. The van der Waals surface area contributed by atoms with E-state index in [0.717, 1.165) is 19.3 Å². The Kier molecular flexibility index (Phi) is 4.81. The smallest absolute Gasteiger partial charge is 0.223 e. The summed E-state index contributed by atoms with van der Waals surface area (Å²) in [5.74, 6) is 0.682. The molecule has 1 saturated carbocycles. The van der Waals surface area contributed by atoms with Gasteiger partial charge in [0.05, 0.1) is 0 Å². The van der Waals surface area contributed by atoms with E-state index < -0.39 is 0 Å². The highest BCUT2D eigenvalue weighted by molar-refractivity contribution is 5.82. The molecule has 2 atom stereocenters. The van der Waals surface area contributed by atoms with E-state index in [-0.39, 0.29) is 11.8 Å². The van der Waals surface area contributed by atoms with Crippen LogP contribution in [0.3, 0.4) is 0 Å². The van der Waals surface area contributed by atoms with Crippen molar-refractivity contribution in [3.8, 4) is 0 Å². The van der Waals surface area contributed by atoms with E-state index in [1.165, 1.54) is 5.56 Å². The van der Waals surface area contributed by atoms with Crippen LogP contribution in [0, 0.1) is 5.92 Å². The normalized spacial score (nSPS) is 20.4. The molecule has 100 valence electrons. The van der Waals surface area contributed by atoms with Gasteiger partial charge in [-0.15, -0.1) is 0 Å². The molecule has 0 aromatic heterocycles. The zero-order chi connectivity index (χ0) is 13.5. The van der Waals surface area contributed by atoms with Crippen LogP contribution in [0.15, 0.2) is 35.4 Å². The van der Waals surface area contributed by atoms with Gasteiger partial charge in [-0.25, -0.2) is 0 Å². The quantitative estimate of drug-likeness (QED) is 0.347. The molecule has 5 heteroatoms. The van der Waals surface area contributed by atoms with Crippen molar-refractivity contribution < 1.29 is 4.79 Å². The minimum Gasteiger partial charge on any atom is -0.356 e. The molecule has 2 rings (SSSR count). The van der Waals surface area contributed by atoms with E-state index in [1.54, 1.807) is 0 Å². The molecule has 1 aromatic rings. The predicted octanol–water partition coefficient (Wildman–Crippen LogP) is 3.00. The van der Waals surface area contributed by atoms with Crippen LogP contribution < -0.4 is 5.32 Å². The molecule has 0 heterocycles. The number of nitrogens with zero attached hydrogens (tertiary/aromatic N) is 3. The van der Waals surface area contributed by atoms with Crippen molar-refractivity contribution >= 4 is 5.91 Å². The van der Waals surface area contributed by atoms with Gasteiger partial charge in [0.2, 0.25) is 5.91 Å². The van der Waals surface area contributed by atoms with Crippen molar-refractivity contribution in [1.29, 1.82) is 0 Å². The Labute approximate surface area is 112 Å². The fraction of sp³-hybridized carbons (Fsp3) is 0.500. The lowest BCUT2D eigenvalue weighted by molar-refractivity contribution is -0.122. The van der Waals surface area contributed by atoms with E-state index in [1.807, 2.05) is 18.2 Å². The Hall–Kier alpha value is -2.00. The third kappa shape index (κ3) is 4.00. The van der Waals surface area contributed by atoms with Gasteiger partial charge in [0.25, 0.3) is 0 Å². The molecule has 1 aliphatic rings. The van der Waals surface area contributed by atoms with E-state index >= 15 is 0 Å². The number of rotatable bonds is 7. The van der Waals surface area contributed by atoms with Gasteiger partial charge in [0.1, 0.15) is 0 Å². The zero-order valence-corrected chi connectivity index (χ0v) is 10.8. The summed E-state index contributed by atoms with van der Waals surface area (Å²) in [5, 5.41) is 6.40. The van der Waals surface area contributed by atoms with Crippen LogP contribution in [-0.4, -0.2) is 19.0 Å². The molecule has 1 fully saturated rings. The first kappa shape index (κ1) is 13.4. The number of hydrogen-bond acceptors (Lipinski definition) is 2. The molecule has 2 unspecified atom stereocenters. The van der Waals surface area contributed by atoms with Crippen LogP contribution in [0.4, 0.5) is 0 Å². The number of amides is 1. The Balaban J connectivity index is 1.65. The van der Waals surface area contributed by atoms with Crippen LogP contribution in [0.5, 0.6) is 0 Å². The predicted molar refractivity (Wildman–Crippen MR) is 73.5 cm³/mol. The molecule has 1 amide bonds. The molecular weight excluding hydrogens is 240 g/mol. The molecule has 1 aliphatic carbocycles. The first-order valence-electron chi connectivity index (χ1n) is 6.66. The first-order chi connectivity index (χ1) is 9.33. The lowest BCUT2D eigenvalue weighted by atomic mass is 10.1. The van der Waals surface area contributed by atoms with Gasteiger partial charge in [-0.2, -0.15) is 0 Å². The van der Waals surface area contributed by atoms with Crippen molar-refractivity contribution in [1.82, 2.24) is 5.32 Å². The van der Waals surface area contributed by atoms with Gasteiger partial charge in [-0.05, 0) is 36.3 Å². The van der Waals surface area contributed by atoms with Gasteiger partial charge in [0.15, 0.2) is 0 Å². The average molecular weight is 258 g/mol. The zero-order valence-electron chi connectivity index (χ0n) is 10.8. The van der Waals surface area contributed by atoms with E-state index in [0.29, 0.717) is 19.0 Å². The monoisotopic (exact) mass is 258 g/mol. The second-order valence-electron chi connectivity index (χ2n) is 4.81. The molecular formula is C14H18N4O. The standard InChI is InChI=1S/C14H18N4O/c15-18-17-9-5-4-8-16-14(19)13-10-12(13)11-6-2-1-3-7-11/h1-3,6-7,12-13H,4-5,8-10H2,(H,16,19).